The summed E-state index contributed by atoms with van der Waals surface area (Å²) in [7, 11) is 0. The summed E-state index contributed by atoms with van der Waals surface area (Å²) in [4.78, 5) is 0. The van der Waals surface area contributed by atoms with Gasteiger partial charge in [0.05, 0.1) is 19.3 Å². The molecule has 0 spiro atoms. The molecule has 4 nitrogen and oxygen atoms in total. The number of rotatable bonds is 6. The van der Waals surface area contributed by atoms with Crippen molar-refractivity contribution in [2.45, 2.75) is 13.0 Å². The Morgan fingerprint density at radius 3 is 2.93 bits per heavy atom. The van der Waals surface area contributed by atoms with Crippen molar-refractivity contribution in [3.05, 3.63) is 24.3 Å². The van der Waals surface area contributed by atoms with E-state index in [4.69, 9.17) is 14.9 Å². The van der Waals surface area contributed by atoms with Gasteiger partial charge in [-0.3, -0.25) is 0 Å². The Balaban J connectivity index is 2.50. The van der Waals surface area contributed by atoms with Gasteiger partial charge in [0.2, 0.25) is 0 Å². The van der Waals surface area contributed by atoms with E-state index in [0.717, 1.165) is 11.4 Å². The average Bonchev–Trinajstić information content (AvgIpc) is 2.27. The number of anilines is 1. The van der Waals surface area contributed by atoms with E-state index in [2.05, 4.69) is 5.32 Å². The maximum atomic E-state index is 9.15. The fourth-order valence-electron chi connectivity index (χ4n) is 1.16. The summed E-state index contributed by atoms with van der Waals surface area (Å²) in [6, 6.07) is 7.48. The Morgan fingerprint density at radius 2 is 2.27 bits per heavy atom. The topological polar surface area (TPSA) is 61.7 Å². The van der Waals surface area contributed by atoms with Gasteiger partial charge < -0.3 is 20.3 Å². The number of aliphatic hydroxyl groups excluding tert-OH is 2. The quantitative estimate of drug-likeness (QED) is 0.653. The van der Waals surface area contributed by atoms with E-state index >= 15 is 0 Å². The van der Waals surface area contributed by atoms with Crippen LogP contribution in [0.3, 0.4) is 0 Å². The van der Waals surface area contributed by atoms with Gasteiger partial charge >= 0.3 is 0 Å². The zero-order chi connectivity index (χ0) is 11.1. The van der Waals surface area contributed by atoms with Crippen LogP contribution < -0.4 is 10.1 Å². The second kappa shape index (κ2) is 6.27. The average molecular weight is 211 g/mol. The van der Waals surface area contributed by atoms with E-state index in [1.807, 2.05) is 31.2 Å². The summed E-state index contributed by atoms with van der Waals surface area (Å²) in [6.45, 7) is 2.64. The predicted octanol–water partition coefficient (Wildman–Crippen LogP) is 0.850. The zero-order valence-electron chi connectivity index (χ0n) is 8.81. The fourth-order valence-corrected chi connectivity index (χ4v) is 1.16. The smallest absolute Gasteiger partial charge is 0.121 e. The van der Waals surface area contributed by atoms with Crippen molar-refractivity contribution in [2.75, 3.05) is 25.1 Å². The Kier molecular flexibility index (Phi) is 4.93. The molecule has 0 fully saturated rings. The molecule has 0 aliphatic heterocycles. The highest BCUT2D eigenvalue weighted by molar-refractivity contribution is 5.48. The van der Waals surface area contributed by atoms with Crippen LogP contribution in [-0.2, 0) is 0 Å². The van der Waals surface area contributed by atoms with Gasteiger partial charge in [-0.15, -0.1) is 0 Å². The minimum atomic E-state index is -0.735. The van der Waals surface area contributed by atoms with Gasteiger partial charge in [-0.2, -0.15) is 0 Å². The lowest BCUT2D eigenvalue weighted by Gasteiger charge is -2.11. The number of hydrogen-bond donors (Lipinski definition) is 3. The predicted molar refractivity (Wildman–Crippen MR) is 59.2 cm³/mol. The first kappa shape index (κ1) is 11.8. The van der Waals surface area contributed by atoms with Gasteiger partial charge in [0, 0.05) is 18.3 Å². The molecule has 15 heavy (non-hydrogen) atoms. The third-order valence-corrected chi connectivity index (χ3v) is 1.90. The molecule has 0 aliphatic rings. The van der Waals surface area contributed by atoms with Crippen LogP contribution in [0.25, 0.3) is 0 Å². The van der Waals surface area contributed by atoms with Crippen LogP contribution in [0.1, 0.15) is 6.92 Å². The molecule has 1 aromatic rings. The SMILES string of the molecule is CCOc1cccc(NC[C@H](O)CO)c1. The summed E-state index contributed by atoms with van der Waals surface area (Å²) < 4.78 is 5.33. The summed E-state index contributed by atoms with van der Waals surface area (Å²) >= 11 is 0. The van der Waals surface area contributed by atoms with Crippen LogP contribution in [-0.4, -0.2) is 36.1 Å². The summed E-state index contributed by atoms with van der Waals surface area (Å²) in [5.74, 6) is 0.793. The molecule has 4 heteroatoms. The summed E-state index contributed by atoms with van der Waals surface area (Å²) in [5, 5.41) is 20.8. The Bertz CT molecular complexity index is 291. The van der Waals surface area contributed by atoms with Crippen LogP contribution in [0.4, 0.5) is 5.69 Å². The first-order valence-corrected chi connectivity index (χ1v) is 5.02. The van der Waals surface area contributed by atoms with Crippen LogP contribution in [0.15, 0.2) is 24.3 Å². The number of nitrogens with one attached hydrogen (secondary N) is 1. The largest absolute Gasteiger partial charge is 0.494 e. The molecule has 84 valence electrons. The van der Waals surface area contributed by atoms with E-state index in [1.54, 1.807) is 0 Å². The number of benzene rings is 1. The molecule has 1 rings (SSSR count). The first-order valence-electron chi connectivity index (χ1n) is 5.02. The van der Waals surface area contributed by atoms with Crippen molar-refractivity contribution in [2.24, 2.45) is 0 Å². The third kappa shape index (κ3) is 4.18. The van der Waals surface area contributed by atoms with Crippen LogP contribution >= 0.6 is 0 Å². The molecule has 0 aromatic heterocycles. The second-order valence-corrected chi connectivity index (χ2v) is 3.18. The van der Waals surface area contributed by atoms with E-state index < -0.39 is 6.10 Å². The lowest BCUT2D eigenvalue weighted by atomic mass is 10.3. The van der Waals surface area contributed by atoms with Crippen LogP contribution in [0.5, 0.6) is 5.75 Å². The highest BCUT2D eigenvalue weighted by atomic mass is 16.5. The molecule has 3 N–H and O–H groups in total. The highest BCUT2D eigenvalue weighted by Crippen LogP contribution is 2.16. The van der Waals surface area contributed by atoms with Crippen LogP contribution in [0, 0.1) is 0 Å². The molecule has 0 radical (unpaired) electrons. The van der Waals surface area contributed by atoms with Gasteiger partial charge in [0.15, 0.2) is 0 Å². The number of hydrogen-bond acceptors (Lipinski definition) is 4. The van der Waals surface area contributed by atoms with Crippen molar-refractivity contribution in [1.29, 1.82) is 0 Å². The summed E-state index contributed by atoms with van der Waals surface area (Å²) in [6.07, 6.45) is -0.735. The standard InChI is InChI=1S/C11H17NO3/c1-2-15-11-5-3-4-9(6-11)12-7-10(14)8-13/h3-6,10,12-14H,2,7-8H2,1H3/t10-/m0/s1. The number of aliphatic hydroxyl groups is 2. The zero-order valence-corrected chi connectivity index (χ0v) is 8.81. The molecule has 0 amide bonds. The molecular weight excluding hydrogens is 194 g/mol. The maximum absolute atomic E-state index is 9.15. The van der Waals surface area contributed by atoms with Gasteiger partial charge in [0.25, 0.3) is 0 Å². The monoisotopic (exact) mass is 211 g/mol. The van der Waals surface area contributed by atoms with Crippen molar-refractivity contribution < 1.29 is 14.9 Å². The van der Waals surface area contributed by atoms with Gasteiger partial charge in [0.1, 0.15) is 5.75 Å². The van der Waals surface area contributed by atoms with Gasteiger partial charge in [-0.25, -0.2) is 0 Å². The van der Waals surface area contributed by atoms with Crippen molar-refractivity contribution >= 4 is 5.69 Å². The molecule has 0 unspecified atom stereocenters. The van der Waals surface area contributed by atoms with Gasteiger partial charge in [-0.1, -0.05) is 6.07 Å². The van der Waals surface area contributed by atoms with E-state index in [0.29, 0.717) is 13.2 Å². The lowest BCUT2D eigenvalue weighted by molar-refractivity contribution is 0.105. The Hall–Kier alpha value is -1.26. The van der Waals surface area contributed by atoms with E-state index in [1.165, 1.54) is 0 Å². The molecule has 0 bridgehead atoms. The van der Waals surface area contributed by atoms with Crippen molar-refractivity contribution in [3.63, 3.8) is 0 Å². The minimum absolute atomic E-state index is 0.238. The number of ether oxygens (including phenoxy) is 1. The fraction of sp³-hybridized carbons (Fsp3) is 0.455. The molecular formula is C11H17NO3. The van der Waals surface area contributed by atoms with E-state index in [9.17, 15) is 0 Å². The van der Waals surface area contributed by atoms with Crippen molar-refractivity contribution in [1.82, 2.24) is 0 Å². The van der Waals surface area contributed by atoms with E-state index in [-0.39, 0.29) is 6.61 Å². The summed E-state index contributed by atoms with van der Waals surface area (Å²) in [5.41, 5.74) is 0.869. The highest BCUT2D eigenvalue weighted by Gasteiger charge is 2.01. The first-order chi connectivity index (χ1) is 7.26. The van der Waals surface area contributed by atoms with Gasteiger partial charge in [-0.05, 0) is 19.1 Å². The third-order valence-electron chi connectivity index (χ3n) is 1.90. The second-order valence-electron chi connectivity index (χ2n) is 3.18. The molecule has 0 heterocycles. The Labute approximate surface area is 89.5 Å². The minimum Gasteiger partial charge on any atom is -0.494 e. The molecule has 0 aliphatic carbocycles. The maximum Gasteiger partial charge on any atom is 0.121 e. The Morgan fingerprint density at radius 1 is 1.47 bits per heavy atom. The molecule has 1 aromatic carbocycles. The van der Waals surface area contributed by atoms with Crippen LogP contribution in [0.2, 0.25) is 0 Å². The molecule has 1 atom stereocenters. The normalized spacial score (nSPS) is 12.2. The lowest BCUT2D eigenvalue weighted by Crippen LogP contribution is -2.22. The molecule has 0 saturated heterocycles. The van der Waals surface area contributed by atoms with Crippen molar-refractivity contribution in [3.8, 4) is 5.75 Å². The molecule has 0 saturated carbocycles.